The van der Waals surface area contributed by atoms with Gasteiger partial charge in [-0.15, -0.1) is 0 Å². The maximum atomic E-state index is 12.3. The third-order valence-corrected chi connectivity index (χ3v) is 4.56. The molecular weight excluding hydrogens is 318 g/mol. The number of ether oxygens (including phenoxy) is 1. The lowest BCUT2D eigenvalue weighted by Gasteiger charge is -2.16. The highest BCUT2D eigenvalue weighted by atomic mass is 16.5. The average molecular weight is 347 g/mol. The second-order valence-corrected chi connectivity index (χ2v) is 6.77. The van der Waals surface area contributed by atoms with E-state index in [-0.39, 0.29) is 18.0 Å². The molecule has 0 heterocycles. The molecule has 6 nitrogen and oxygen atoms in total. The van der Waals surface area contributed by atoms with Gasteiger partial charge in [-0.1, -0.05) is 12.8 Å². The highest BCUT2D eigenvalue weighted by Gasteiger charge is 2.18. The van der Waals surface area contributed by atoms with Crippen LogP contribution in [0.4, 0.5) is 10.5 Å². The van der Waals surface area contributed by atoms with Gasteiger partial charge < -0.3 is 20.7 Å². The van der Waals surface area contributed by atoms with Crippen molar-refractivity contribution in [3.63, 3.8) is 0 Å². The van der Waals surface area contributed by atoms with Crippen LogP contribution in [0.3, 0.4) is 0 Å². The maximum Gasteiger partial charge on any atom is 0.319 e. The fourth-order valence-electron chi connectivity index (χ4n) is 3.03. The number of carbonyl (C=O) groups is 2. The summed E-state index contributed by atoms with van der Waals surface area (Å²) < 4.78 is 5.00. The number of benzene rings is 1. The molecule has 0 unspecified atom stereocenters. The average Bonchev–Trinajstić information content (AvgIpc) is 3.07. The Kier molecular flexibility index (Phi) is 7.25. The van der Waals surface area contributed by atoms with Gasteiger partial charge in [0.25, 0.3) is 5.91 Å². The lowest BCUT2D eigenvalue weighted by molar-refractivity contribution is 0.0938. The van der Waals surface area contributed by atoms with Crippen molar-refractivity contribution in [2.45, 2.75) is 58.0 Å². The van der Waals surface area contributed by atoms with Gasteiger partial charge in [-0.3, -0.25) is 4.79 Å². The lowest BCUT2D eigenvalue weighted by atomic mass is 10.1. The highest BCUT2D eigenvalue weighted by molar-refractivity contribution is 5.96. The van der Waals surface area contributed by atoms with Crippen LogP contribution >= 0.6 is 0 Å². The summed E-state index contributed by atoms with van der Waals surface area (Å²) >= 11 is 0. The first kappa shape index (κ1) is 19.2. The summed E-state index contributed by atoms with van der Waals surface area (Å²) in [6, 6.07) is 5.41. The van der Waals surface area contributed by atoms with Crippen LogP contribution in [0.25, 0.3) is 0 Å². The van der Waals surface area contributed by atoms with Crippen LogP contribution < -0.4 is 16.0 Å². The normalized spacial score (nSPS) is 15.6. The number of aryl methyl sites for hydroxylation is 1. The van der Waals surface area contributed by atoms with Crippen LogP contribution in [0.15, 0.2) is 18.2 Å². The van der Waals surface area contributed by atoms with Gasteiger partial charge in [0, 0.05) is 37.1 Å². The molecule has 0 spiro atoms. The number of anilines is 1. The van der Waals surface area contributed by atoms with Crippen LogP contribution in [-0.2, 0) is 4.74 Å². The fourth-order valence-corrected chi connectivity index (χ4v) is 3.03. The van der Waals surface area contributed by atoms with Crippen LogP contribution in [0.5, 0.6) is 0 Å². The zero-order chi connectivity index (χ0) is 18.2. The predicted octanol–water partition coefficient (Wildman–Crippen LogP) is 3.21. The Morgan fingerprint density at radius 3 is 2.64 bits per heavy atom. The Balaban J connectivity index is 1.89. The largest absolute Gasteiger partial charge is 0.385 e. The van der Waals surface area contributed by atoms with E-state index in [0.717, 1.165) is 24.8 Å². The summed E-state index contributed by atoms with van der Waals surface area (Å²) in [5.41, 5.74) is 2.19. The van der Waals surface area contributed by atoms with E-state index in [1.54, 1.807) is 19.2 Å². The number of urea groups is 1. The minimum atomic E-state index is -0.255. The second kappa shape index (κ2) is 9.42. The van der Waals surface area contributed by atoms with Gasteiger partial charge in [0.15, 0.2) is 0 Å². The number of hydrogen-bond acceptors (Lipinski definition) is 3. The SMILES string of the molecule is COCC[C@H](C)NC(=O)Nc1ccc(C(=O)NC2CCCC2)cc1C. The van der Waals surface area contributed by atoms with Crippen molar-refractivity contribution in [2.24, 2.45) is 0 Å². The third-order valence-electron chi connectivity index (χ3n) is 4.56. The number of hydrogen-bond donors (Lipinski definition) is 3. The topological polar surface area (TPSA) is 79.5 Å². The molecule has 25 heavy (non-hydrogen) atoms. The smallest absolute Gasteiger partial charge is 0.319 e. The predicted molar refractivity (Wildman–Crippen MR) is 99.0 cm³/mol. The molecule has 3 amide bonds. The van der Waals surface area contributed by atoms with E-state index >= 15 is 0 Å². The third kappa shape index (κ3) is 6.05. The molecule has 0 bridgehead atoms. The first-order chi connectivity index (χ1) is 12.0. The summed E-state index contributed by atoms with van der Waals surface area (Å²) in [5.74, 6) is -0.0424. The zero-order valence-corrected chi connectivity index (χ0v) is 15.4. The molecule has 0 aliphatic heterocycles. The minimum Gasteiger partial charge on any atom is -0.385 e. The molecule has 0 saturated heterocycles. The first-order valence-electron chi connectivity index (χ1n) is 8.97. The van der Waals surface area contributed by atoms with E-state index in [4.69, 9.17) is 4.74 Å². The monoisotopic (exact) mass is 347 g/mol. The Hall–Kier alpha value is -2.08. The maximum absolute atomic E-state index is 12.3. The van der Waals surface area contributed by atoms with Gasteiger partial charge in [-0.25, -0.2) is 4.79 Å². The summed E-state index contributed by atoms with van der Waals surface area (Å²) in [6.45, 7) is 4.42. The van der Waals surface area contributed by atoms with E-state index in [1.807, 2.05) is 19.9 Å². The number of carbonyl (C=O) groups excluding carboxylic acids is 2. The second-order valence-electron chi connectivity index (χ2n) is 6.77. The van der Waals surface area contributed by atoms with Crippen LogP contribution in [0.1, 0.15) is 54.9 Å². The van der Waals surface area contributed by atoms with E-state index < -0.39 is 0 Å². The summed E-state index contributed by atoms with van der Waals surface area (Å²) in [5, 5.41) is 8.78. The van der Waals surface area contributed by atoms with Gasteiger partial charge in [0.1, 0.15) is 0 Å². The molecule has 1 fully saturated rings. The van der Waals surface area contributed by atoms with Crippen LogP contribution in [-0.4, -0.2) is 37.7 Å². The molecule has 3 N–H and O–H groups in total. The van der Waals surface area contributed by atoms with Crippen molar-refractivity contribution in [1.29, 1.82) is 0 Å². The number of amides is 3. The molecule has 1 atom stereocenters. The van der Waals surface area contributed by atoms with Crippen molar-refractivity contribution in [2.75, 3.05) is 19.0 Å². The Bertz CT molecular complexity index is 598. The van der Waals surface area contributed by atoms with E-state index in [0.29, 0.717) is 23.9 Å². The van der Waals surface area contributed by atoms with Crippen LogP contribution in [0.2, 0.25) is 0 Å². The molecule has 1 saturated carbocycles. The van der Waals surface area contributed by atoms with Crippen molar-refractivity contribution in [3.05, 3.63) is 29.3 Å². The molecular formula is C19H29N3O3. The van der Waals surface area contributed by atoms with E-state index in [1.165, 1.54) is 12.8 Å². The van der Waals surface area contributed by atoms with Gasteiger partial charge in [0.05, 0.1) is 0 Å². The van der Waals surface area contributed by atoms with Gasteiger partial charge in [-0.2, -0.15) is 0 Å². The number of nitrogens with one attached hydrogen (secondary N) is 3. The summed E-state index contributed by atoms with van der Waals surface area (Å²) in [6.07, 6.45) is 5.25. The molecule has 1 aliphatic carbocycles. The quantitative estimate of drug-likeness (QED) is 0.708. The van der Waals surface area contributed by atoms with E-state index in [9.17, 15) is 9.59 Å². The molecule has 0 radical (unpaired) electrons. The minimum absolute atomic E-state index is 0.0247. The molecule has 1 aromatic carbocycles. The summed E-state index contributed by atoms with van der Waals surface area (Å²) in [7, 11) is 1.64. The lowest BCUT2D eigenvalue weighted by Crippen LogP contribution is -2.37. The van der Waals surface area contributed by atoms with Crippen molar-refractivity contribution in [1.82, 2.24) is 10.6 Å². The Morgan fingerprint density at radius 2 is 2.00 bits per heavy atom. The Morgan fingerprint density at radius 1 is 1.28 bits per heavy atom. The van der Waals surface area contributed by atoms with Crippen molar-refractivity contribution >= 4 is 17.6 Å². The van der Waals surface area contributed by atoms with Crippen molar-refractivity contribution < 1.29 is 14.3 Å². The Labute approximate surface area is 149 Å². The molecule has 1 aliphatic rings. The van der Waals surface area contributed by atoms with Gasteiger partial charge in [0.2, 0.25) is 0 Å². The van der Waals surface area contributed by atoms with Crippen LogP contribution in [0, 0.1) is 6.92 Å². The molecule has 138 valence electrons. The highest BCUT2D eigenvalue weighted by Crippen LogP contribution is 2.20. The first-order valence-corrected chi connectivity index (χ1v) is 8.97. The number of methoxy groups -OCH3 is 1. The molecule has 0 aromatic heterocycles. The fraction of sp³-hybridized carbons (Fsp3) is 0.579. The van der Waals surface area contributed by atoms with Gasteiger partial charge >= 0.3 is 6.03 Å². The van der Waals surface area contributed by atoms with Crippen molar-refractivity contribution in [3.8, 4) is 0 Å². The zero-order valence-electron chi connectivity index (χ0n) is 15.4. The molecule has 1 aromatic rings. The molecule has 6 heteroatoms. The summed E-state index contributed by atoms with van der Waals surface area (Å²) in [4.78, 5) is 24.4. The standard InChI is InChI=1S/C19H29N3O3/c1-13-12-15(18(23)21-16-6-4-5-7-16)8-9-17(13)22-19(24)20-14(2)10-11-25-3/h8-9,12,14,16H,4-7,10-11H2,1-3H3,(H,21,23)(H2,20,22,24)/t14-/m0/s1. The van der Waals surface area contributed by atoms with Gasteiger partial charge in [-0.05, 0) is 56.9 Å². The number of rotatable bonds is 7. The molecule has 2 rings (SSSR count). The van der Waals surface area contributed by atoms with E-state index in [2.05, 4.69) is 16.0 Å².